The molecular formula is C24H23N3O. The third-order valence-corrected chi connectivity index (χ3v) is 5.61. The van der Waals surface area contributed by atoms with Gasteiger partial charge < -0.3 is 9.30 Å². The molecule has 0 atom stereocenters. The molecule has 2 heterocycles. The standard InChI is InChI=1S/C24H23N3O/c1-3-7-19(8-4-1)27-16-23(22-15-25-17-26-24(22)27)18-11-13-21(14-12-18)28-20-9-5-2-6-10-20/h2,5-6,9-17,19H,1,3-4,7-8H2. The zero-order valence-corrected chi connectivity index (χ0v) is 15.8. The summed E-state index contributed by atoms with van der Waals surface area (Å²) in [6, 6.07) is 18.7. The van der Waals surface area contributed by atoms with E-state index < -0.39 is 0 Å². The van der Waals surface area contributed by atoms with Crippen LogP contribution in [0.5, 0.6) is 11.5 Å². The molecule has 1 saturated carbocycles. The summed E-state index contributed by atoms with van der Waals surface area (Å²) in [5.74, 6) is 1.68. The van der Waals surface area contributed by atoms with Gasteiger partial charge in [0.15, 0.2) is 0 Å². The lowest BCUT2D eigenvalue weighted by Gasteiger charge is -2.23. The van der Waals surface area contributed by atoms with E-state index in [4.69, 9.17) is 4.74 Å². The first-order chi connectivity index (χ1) is 13.9. The van der Waals surface area contributed by atoms with Crippen LogP contribution >= 0.6 is 0 Å². The predicted octanol–water partition coefficient (Wildman–Crippen LogP) is 6.40. The SMILES string of the molecule is c1ccc(Oc2ccc(-c3cn(C4CCCCC4)c4ncncc34)cc2)cc1. The predicted molar refractivity (Wildman–Crippen MR) is 112 cm³/mol. The van der Waals surface area contributed by atoms with Gasteiger partial charge in [0.1, 0.15) is 23.5 Å². The number of rotatable bonds is 4. The zero-order chi connectivity index (χ0) is 18.8. The largest absolute Gasteiger partial charge is 0.457 e. The summed E-state index contributed by atoms with van der Waals surface area (Å²) in [5.41, 5.74) is 3.39. The Hall–Kier alpha value is -3.14. The maximum absolute atomic E-state index is 5.93. The number of nitrogens with zero attached hydrogens (tertiary/aromatic N) is 3. The van der Waals surface area contributed by atoms with Crippen LogP contribution in [0.15, 0.2) is 73.3 Å². The van der Waals surface area contributed by atoms with E-state index in [0.29, 0.717) is 6.04 Å². The Morgan fingerprint density at radius 3 is 2.39 bits per heavy atom. The van der Waals surface area contributed by atoms with E-state index in [1.807, 2.05) is 48.7 Å². The molecule has 2 aromatic heterocycles. The van der Waals surface area contributed by atoms with Gasteiger partial charge in [-0.1, -0.05) is 49.6 Å². The second-order valence-electron chi connectivity index (χ2n) is 7.44. The molecule has 28 heavy (non-hydrogen) atoms. The number of aromatic nitrogens is 3. The molecule has 1 aliphatic carbocycles. The lowest BCUT2D eigenvalue weighted by molar-refractivity contribution is 0.360. The van der Waals surface area contributed by atoms with Crippen molar-refractivity contribution in [2.24, 2.45) is 0 Å². The van der Waals surface area contributed by atoms with E-state index in [0.717, 1.165) is 28.1 Å². The molecule has 4 aromatic rings. The first-order valence-corrected chi connectivity index (χ1v) is 10.0. The Kier molecular flexibility index (Phi) is 4.53. The molecule has 2 aromatic carbocycles. The molecule has 0 bridgehead atoms. The van der Waals surface area contributed by atoms with Gasteiger partial charge >= 0.3 is 0 Å². The van der Waals surface area contributed by atoms with Gasteiger partial charge in [-0.3, -0.25) is 0 Å². The van der Waals surface area contributed by atoms with Crippen LogP contribution in [0.1, 0.15) is 38.1 Å². The molecule has 0 unspecified atom stereocenters. The van der Waals surface area contributed by atoms with Crippen LogP contribution in [0.3, 0.4) is 0 Å². The first kappa shape index (κ1) is 17.0. The summed E-state index contributed by atoms with van der Waals surface area (Å²) in [5, 5.41) is 1.12. The maximum Gasteiger partial charge on any atom is 0.144 e. The number of fused-ring (bicyclic) bond motifs is 1. The van der Waals surface area contributed by atoms with E-state index in [1.165, 1.54) is 37.7 Å². The van der Waals surface area contributed by atoms with E-state index >= 15 is 0 Å². The summed E-state index contributed by atoms with van der Waals surface area (Å²) >= 11 is 0. The number of benzene rings is 2. The van der Waals surface area contributed by atoms with Gasteiger partial charge in [-0.25, -0.2) is 9.97 Å². The van der Waals surface area contributed by atoms with Crippen molar-refractivity contribution in [2.45, 2.75) is 38.1 Å². The molecule has 1 fully saturated rings. The highest BCUT2D eigenvalue weighted by Gasteiger charge is 2.20. The van der Waals surface area contributed by atoms with Gasteiger partial charge in [0.2, 0.25) is 0 Å². The highest BCUT2D eigenvalue weighted by Crippen LogP contribution is 2.36. The Bertz CT molecular complexity index is 1060. The fraction of sp³-hybridized carbons (Fsp3) is 0.250. The lowest BCUT2D eigenvalue weighted by Crippen LogP contribution is -2.12. The highest BCUT2D eigenvalue weighted by molar-refractivity contribution is 5.93. The van der Waals surface area contributed by atoms with E-state index in [1.54, 1.807) is 6.33 Å². The minimum Gasteiger partial charge on any atom is -0.457 e. The van der Waals surface area contributed by atoms with Crippen LogP contribution in [-0.2, 0) is 0 Å². The quantitative estimate of drug-likeness (QED) is 0.418. The van der Waals surface area contributed by atoms with Crippen molar-refractivity contribution >= 4 is 11.0 Å². The maximum atomic E-state index is 5.93. The summed E-state index contributed by atoms with van der Waals surface area (Å²) in [6.07, 6.45) is 12.3. The normalized spacial score (nSPS) is 15.0. The van der Waals surface area contributed by atoms with Crippen molar-refractivity contribution in [3.05, 3.63) is 73.3 Å². The van der Waals surface area contributed by atoms with Gasteiger partial charge in [0.05, 0.1) is 0 Å². The minimum absolute atomic E-state index is 0.542. The molecule has 140 valence electrons. The van der Waals surface area contributed by atoms with Crippen molar-refractivity contribution in [1.29, 1.82) is 0 Å². The molecule has 1 aliphatic rings. The van der Waals surface area contributed by atoms with Crippen molar-refractivity contribution in [1.82, 2.24) is 14.5 Å². The summed E-state index contributed by atoms with van der Waals surface area (Å²) < 4.78 is 8.30. The second kappa shape index (κ2) is 7.47. The average molecular weight is 369 g/mol. The Labute approximate surface area is 164 Å². The Balaban J connectivity index is 1.49. The van der Waals surface area contributed by atoms with Gasteiger partial charge in [-0.15, -0.1) is 0 Å². The number of hydrogen-bond acceptors (Lipinski definition) is 3. The Morgan fingerprint density at radius 1 is 0.857 bits per heavy atom. The van der Waals surface area contributed by atoms with Gasteiger partial charge in [0.25, 0.3) is 0 Å². The fourth-order valence-electron chi connectivity index (χ4n) is 4.18. The Morgan fingerprint density at radius 2 is 1.61 bits per heavy atom. The lowest BCUT2D eigenvalue weighted by atomic mass is 9.95. The highest BCUT2D eigenvalue weighted by atomic mass is 16.5. The van der Waals surface area contributed by atoms with E-state index in [9.17, 15) is 0 Å². The first-order valence-electron chi connectivity index (χ1n) is 10.0. The van der Waals surface area contributed by atoms with Crippen LogP contribution < -0.4 is 4.74 Å². The monoisotopic (exact) mass is 369 g/mol. The molecule has 4 heteroatoms. The third-order valence-electron chi connectivity index (χ3n) is 5.61. The molecule has 0 radical (unpaired) electrons. The van der Waals surface area contributed by atoms with E-state index in [-0.39, 0.29) is 0 Å². The molecule has 5 rings (SSSR count). The summed E-state index contributed by atoms with van der Waals surface area (Å²) in [7, 11) is 0. The smallest absolute Gasteiger partial charge is 0.144 e. The van der Waals surface area contributed by atoms with E-state index in [2.05, 4.69) is 32.9 Å². The average Bonchev–Trinajstić information content (AvgIpc) is 3.15. The number of hydrogen-bond donors (Lipinski definition) is 0. The fourth-order valence-corrected chi connectivity index (χ4v) is 4.18. The van der Waals surface area contributed by atoms with Crippen LogP contribution in [0.25, 0.3) is 22.2 Å². The minimum atomic E-state index is 0.542. The molecular weight excluding hydrogens is 346 g/mol. The number of para-hydroxylation sites is 1. The molecule has 0 spiro atoms. The molecule has 0 aliphatic heterocycles. The third kappa shape index (κ3) is 3.26. The van der Waals surface area contributed by atoms with Crippen LogP contribution in [0, 0.1) is 0 Å². The number of ether oxygens (including phenoxy) is 1. The topological polar surface area (TPSA) is 39.9 Å². The van der Waals surface area contributed by atoms with Gasteiger partial charge in [-0.2, -0.15) is 0 Å². The molecule has 0 saturated heterocycles. The van der Waals surface area contributed by atoms with Crippen LogP contribution in [-0.4, -0.2) is 14.5 Å². The van der Waals surface area contributed by atoms with Crippen molar-refractivity contribution < 1.29 is 4.74 Å². The van der Waals surface area contributed by atoms with Crippen molar-refractivity contribution in [3.63, 3.8) is 0 Å². The zero-order valence-electron chi connectivity index (χ0n) is 15.8. The van der Waals surface area contributed by atoms with Crippen LogP contribution in [0.4, 0.5) is 0 Å². The molecule has 0 amide bonds. The van der Waals surface area contributed by atoms with Crippen molar-refractivity contribution in [2.75, 3.05) is 0 Å². The van der Waals surface area contributed by atoms with Gasteiger partial charge in [0, 0.05) is 29.4 Å². The molecule has 0 N–H and O–H groups in total. The second-order valence-corrected chi connectivity index (χ2v) is 7.44. The molecule has 4 nitrogen and oxygen atoms in total. The van der Waals surface area contributed by atoms with Crippen LogP contribution in [0.2, 0.25) is 0 Å². The summed E-state index contributed by atoms with van der Waals surface area (Å²) in [6.45, 7) is 0. The summed E-state index contributed by atoms with van der Waals surface area (Å²) in [4.78, 5) is 8.88. The van der Waals surface area contributed by atoms with Gasteiger partial charge in [-0.05, 0) is 42.7 Å². The van der Waals surface area contributed by atoms with Crippen molar-refractivity contribution in [3.8, 4) is 22.6 Å².